The van der Waals surface area contributed by atoms with Crippen molar-refractivity contribution in [3.8, 4) is 23.4 Å². The number of rotatable bonds is 7. The predicted octanol–water partition coefficient (Wildman–Crippen LogP) is 6.40. The first-order valence-electron chi connectivity index (χ1n) is 10.8. The molecule has 2 aromatic carbocycles. The molecule has 0 radical (unpaired) electrons. The molecule has 2 heterocycles. The van der Waals surface area contributed by atoms with Crippen molar-refractivity contribution in [3.63, 3.8) is 0 Å². The number of thiophene rings is 1. The van der Waals surface area contributed by atoms with Gasteiger partial charge >= 0.3 is 0 Å². The van der Waals surface area contributed by atoms with Crippen LogP contribution in [0, 0.1) is 18.3 Å². The summed E-state index contributed by atoms with van der Waals surface area (Å²) in [6, 6.07) is 10.3. The Balaban J connectivity index is 1.81. The number of aromatic hydroxyl groups is 1. The molecule has 7 nitrogen and oxygen atoms in total. The van der Waals surface area contributed by atoms with Crippen LogP contribution in [0.15, 0.2) is 35.1 Å². The lowest BCUT2D eigenvalue weighted by Gasteiger charge is -2.16. The fraction of sp³-hybridized carbons (Fsp3) is 0.192. The summed E-state index contributed by atoms with van der Waals surface area (Å²) in [4.78, 5) is 26.8. The Morgan fingerprint density at radius 2 is 1.84 bits per heavy atom. The van der Waals surface area contributed by atoms with Crippen molar-refractivity contribution in [2.75, 3.05) is 14.2 Å². The van der Waals surface area contributed by atoms with Gasteiger partial charge < -0.3 is 14.6 Å². The summed E-state index contributed by atoms with van der Waals surface area (Å²) in [6.07, 6.45) is 0.299. The zero-order chi connectivity index (χ0) is 27.0. The highest BCUT2D eigenvalue weighted by Crippen LogP contribution is 2.43. The minimum atomic E-state index is -0.702. The van der Waals surface area contributed by atoms with Crippen molar-refractivity contribution in [1.82, 2.24) is 4.57 Å². The number of nitriles is 1. The molecule has 0 unspecified atom stereocenters. The molecular weight excluding hydrogens is 559 g/mol. The molecule has 4 rings (SSSR count). The van der Waals surface area contributed by atoms with Crippen LogP contribution in [0.1, 0.15) is 31.9 Å². The minimum Gasteiger partial charge on any atom is -0.494 e. The molecule has 0 aliphatic heterocycles. The number of ketones is 1. The number of carbonyl (C=O) groups excluding carboxylic acids is 1. The van der Waals surface area contributed by atoms with E-state index < -0.39 is 17.2 Å². The summed E-state index contributed by atoms with van der Waals surface area (Å²) in [5, 5.41) is 22.0. The molecule has 1 N–H and O–H groups in total. The van der Waals surface area contributed by atoms with Crippen LogP contribution in [0.3, 0.4) is 0 Å². The van der Waals surface area contributed by atoms with Gasteiger partial charge in [-0.3, -0.25) is 14.2 Å². The van der Waals surface area contributed by atoms with E-state index >= 15 is 0 Å². The van der Waals surface area contributed by atoms with Crippen LogP contribution in [0.5, 0.6) is 17.4 Å². The molecule has 0 fully saturated rings. The smallest absolute Gasteiger partial charge is 0.271 e. The van der Waals surface area contributed by atoms with E-state index in [1.54, 1.807) is 24.3 Å². The Morgan fingerprint density at radius 1 is 1.14 bits per heavy atom. The van der Waals surface area contributed by atoms with Gasteiger partial charge in [0.15, 0.2) is 11.5 Å². The van der Waals surface area contributed by atoms with E-state index in [-0.39, 0.29) is 38.2 Å². The molecule has 4 aromatic rings. The van der Waals surface area contributed by atoms with Crippen molar-refractivity contribution in [2.24, 2.45) is 0 Å². The highest BCUT2D eigenvalue weighted by molar-refractivity contribution is 7.22. The summed E-state index contributed by atoms with van der Waals surface area (Å²) in [6.45, 7) is 1.44. The van der Waals surface area contributed by atoms with E-state index in [0.717, 1.165) is 21.5 Å². The summed E-state index contributed by atoms with van der Waals surface area (Å²) >= 11 is 20.0. The van der Waals surface area contributed by atoms with E-state index in [1.807, 2.05) is 6.07 Å². The van der Waals surface area contributed by atoms with E-state index in [2.05, 4.69) is 0 Å². The zero-order valence-electron chi connectivity index (χ0n) is 19.8. The molecule has 0 spiro atoms. The number of hydrogen-bond acceptors (Lipinski definition) is 7. The normalized spacial score (nSPS) is 10.9. The maximum atomic E-state index is 13.7. The number of fused-ring (bicyclic) bond motifs is 1. The molecule has 0 bridgehead atoms. The molecular formula is C26H19Cl3N2O5S. The average Bonchev–Trinajstić information content (AvgIpc) is 3.20. The maximum Gasteiger partial charge on any atom is 0.271 e. The number of halogens is 3. The Bertz CT molecular complexity index is 1670. The van der Waals surface area contributed by atoms with E-state index in [4.69, 9.17) is 44.3 Å². The van der Waals surface area contributed by atoms with Gasteiger partial charge in [0.05, 0.1) is 34.7 Å². The second-order valence-corrected chi connectivity index (χ2v) is 10.3. The van der Waals surface area contributed by atoms with Crippen LogP contribution in [0.4, 0.5) is 0 Å². The lowest BCUT2D eigenvalue weighted by atomic mass is 10.00. The van der Waals surface area contributed by atoms with Crippen molar-refractivity contribution in [1.29, 1.82) is 5.26 Å². The van der Waals surface area contributed by atoms with Gasteiger partial charge in [0, 0.05) is 21.7 Å². The lowest BCUT2D eigenvalue weighted by Crippen LogP contribution is -2.27. The topological polar surface area (TPSA) is 102 Å². The number of hydrogen-bond donors (Lipinski definition) is 1. The van der Waals surface area contributed by atoms with E-state index in [1.165, 1.54) is 27.2 Å². The highest BCUT2D eigenvalue weighted by atomic mass is 35.5. The summed E-state index contributed by atoms with van der Waals surface area (Å²) in [5.41, 5.74) is -0.275. The quantitative estimate of drug-likeness (QED) is 0.255. The molecule has 2 aromatic heterocycles. The van der Waals surface area contributed by atoms with E-state index in [9.17, 15) is 20.0 Å². The van der Waals surface area contributed by atoms with Crippen LogP contribution in [-0.2, 0) is 13.0 Å². The van der Waals surface area contributed by atoms with Gasteiger partial charge in [-0.2, -0.15) is 5.26 Å². The lowest BCUT2D eigenvalue weighted by molar-refractivity contribution is 0.103. The molecule has 37 heavy (non-hydrogen) atoms. The number of aromatic nitrogens is 1. The number of methoxy groups -OCH3 is 2. The number of ether oxygens (including phenoxy) is 2. The summed E-state index contributed by atoms with van der Waals surface area (Å²) in [7, 11) is 3.03. The number of aryl methyl sites for hydroxylation is 1. The molecule has 0 aliphatic rings. The van der Waals surface area contributed by atoms with Gasteiger partial charge in [0.1, 0.15) is 11.6 Å². The number of benzene rings is 2. The first-order valence-corrected chi connectivity index (χ1v) is 12.8. The largest absolute Gasteiger partial charge is 0.494 e. The Kier molecular flexibility index (Phi) is 7.72. The first-order chi connectivity index (χ1) is 17.6. The van der Waals surface area contributed by atoms with Crippen molar-refractivity contribution < 1.29 is 19.4 Å². The van der Waals surface area contributed by atoms with E-state index in [0.29, 0.717) is 33.0 Å². The third-order valence-corrected chi connectivity index (χ3v) is 8.10. The standard InChI is InChI=1S/C26H19Cl3N2O5S/c1-12-15(11-30)25(33)31(7-6-13-4-5-17(35-2)18(8-13)36-3)26(34)20(12)23(32)24-22(29)21-16(28)9-14(27)10-19(21)37-24/h4-5,8-10,34H,6-7H2,1-3H3. The monoisotopic (exact) mass is 576 g/mol. The fourth-order valence-corrected chi connectivity index (χ4v) is 6.40. The van der Waals surface area contributed by atoms with Crippen molar-refractivity contribution in [3.05, 3.63) is 82.9 Å². The van der Waals surface area contributed by atoms with Gasteiger partial charge in [-0.1, -0.05) is 40.9 Å². The Morgan fingerprint density at radius 3 is 2.49 bits per heavy atom. The maximum absolute atomic E-state index is 13.7. The molecule has 190 valence electrons. The second kappa shape index (κ2) is 10.6. The SMILES string of the molecule is COc1ccc(CCn2c(O)c(C(=O)c3sc4cc(Cl)cc(Cl)c4c3Cl)c(C)c(C#N)c2=O)cc1OC. The van der Waals surface area contributed by atoms with Crippen molar-refractivity contribution in [2.45, 2.75) is 19.9 Å². The highest BCUT2D eigenvalue weighted by Gasteiger charge is 2.28. The molecule has 0 atom stereocenters. The van der Waals surface area contributed by atoms with Crippen LogP contribution in [0.2, 0.25) is 15.1 Å². The summed E-state index contributed by atoms with van der Waals surface area (Å²) < 4.78 is 12.2. The van der Waals surface area contributed by atoms with Gasteiger partial charge in [0.2, 0.25) is 11.7 Å². The Hall–Kier alpha value is -3.22. The first kappa shape index (κ1) is 26.8. The number of carbonyl (C=O) groups is 1. The fourth-order valence-electron chi connectivity index (χ4n) is 4.08. The molecule has 0 amide bonds. The van der Waals surface area contributed by atoms with Gasteiger partial charge in [-0.05, 0) is 48.7 Å². The second-order valence-electron chi connectivity index (χ2n) is 8.04. The number of pyridine rings is 1. The van der Waals surface area contributed by atoms with Crippen molar-refractivity contribution >= 4 is 62.0 Å². The van der Waals surface area contributed by atoms with Gasteiger partial charge in [-0.15, -0.1) is 11.3 Å². The zero-order valence-corrected chi connectivity index (χ0v) is 22.9. The Labute approximate surface area is 230 Å². The van der Waals surface area contributed by atoms with Crippen LogP contribution < -0.4 is 15.0 Å². The van der Waals surface area contributed by atoms with Crippen LogP contribution in [0.25, 0.3) is 10.1 Å². The molecule has 0 saturated carbocycles. The van der Waals surface area contributed by atoms with Gasteiger partial charge in [-0.25, -0.2) is 0 Å². The average molecular weight is 578 g/mol. The van der Waals surface area contributed by atoms with Gasteiger partial charge in [0.25, 0.3) is 5.56 Å². The third-order valence-electron chi connectivity index (χ3n) is 5.96. The molecule has 0 aliphatic carbocycles. The summed E-state index contributed by atoms with van der Waals surface area (Å²) in [5.74, 6) is -0.135. The predicted molar refractivity (Wildman–Crippen MR) is 145 cm³/mol. The number of nitrogens with zero attached hydrogens (tertiary/aromatic N) is 2. The third kappa shape index (κ3) is 4.76. The molecule has 0 saturated heterocycles. The van der Waals surface area contributed by atoms with Crippen LogP contribution in [-0.4, -0.2) is 29.7 Å². The minimum absolute atomic E-state index is 0.00300. The molecule has 11 heteroatoms. The van der Waals surface area contributed by atoms with Crippen LogP contribution >= 0.6 is 46.1 Å².